The molecular weight excluding hydrogens is 356 g/mol. The van der Waals surface area contributed by atoms with Crippen molar-refractivity contribution in [1.29, 1.82) is 0 Å². The van der Waals surface area contributed by atoms with E-state index in [0.717, 1.165) is 43.9 Å². The SMILES string of the molecule is O=C(O)CN(CC1CC1)C1CC(NC(=O)Nc2ccccc2N2CCCC2)C1. The van der Waals surface area contributed by atoms with E-state index in [2.05, 4.69) is 26.5 Å². The second-order valence-electron chi connectivity index (χ2n) is 8.40. The van der Waals surface area contributed by atoms with Crippen LogP contribution in [0.25, 0.3) is 0 Å². The second-order valence-corrected chi connectivity index (χ2v) is 8.40. The predicted octanol–water partition coefficient (Wildman–Crippen LogP) is 2.74. The lowest BCUT2D eigenvalue weighted by molar-refractivity contribution is -0.139. The Labute approximate surface area is 166 Å². The highest BCUT2D eigenvalue weighted by molar-refractivity contribution is 5.93. The Morgan fingerprint density at radius 1 is 1.14 bits per heavy atom. The zero-order valence-electron chi connectivity index (χ0n) is 16.3. The van der Waals surface area contributed by atoms with Crippen molar-refractivity contribution in [2.24, 2.45) is 5.92 Å². The van der Waals surface area contributed by atoms with Crippen molar-refractivity contribution in [3.05, 3.63) is 24.3 Å². The second kappa shape index (κ2) is 8.39. The Hall–Kier alpha value is -2.28. The lowest BCUT2D eigenvalue weighted by atomic mass is 9.85. The number of benzene rings is 1. The maximum atomic E-state index is 12.5. The largest absolute Gasteiger partial charge is 0.480 e. The lowest BCUT2D eigenvalue weighted by Gasteiger charge is -2.42. The number of carbonyl (C=O) groups excluding carboxylic acids is 1. The first kappa shape index (κ1) is 19.1. The summed E-state index contributed by atoms with van der Waals surface area (Å²) in [4.78, 5) is 28.0. The Kier molecular flexibility index (Phi) is 5.71. The van der Waals surface area contributed by atoms with Gasteiger partial charge in [0.2, 0.25) is 0 Å². The first-order chi connectivity index (χ1) is 13.6. The standard InChI is InChI=1S/C21H30N4O3/c26-20(27)14-25(13-15-7-8-15)17-11-16(12-17)22-21(28)23-18-5-1-2-6-19(18)24-9-3-4-10-24/h1-2,5-6,15-17H,3-4,7-14H2,(H,26,27)(H2,22,23,28). The van der Waals surface area contributed by atoms with E-state index in [-0.39, 0.29) is 24.7 Å². The van der Waals surface area contributed by atoms with Gasteiger partial charge in [-0.2, -0.15) is 0 Å². The molecule has 1 aromatic rings. The van der Waals surface area contributed by atoms with Crippen molar-refractivity contribution >= 4 is 23.4 Å². The minimum atomic E-state index is -0.770. The number of hydrogen-bond donors (Lipinski definition) is 3. The average molecular weight is 386 g/mol. The van der Waals surface area contributed by atoms with Gasteiger partial charge in [-0.25, -0.2) is 4.79 Å². The van der Waals surface area contributed by atoms with E-state index in [1.54, 1.807) is 0 Å². The Morgan fingerprint density at radius 3 is 2.54 bits per heavy atom. The molecule has 152 valence electrons. The summed E-state index contributed by atoms with van der Waals surface area (Å²) in [5.74, 6) is -0.106. The van der Waals surface area contributed by atoms with Crippen LogP contribution < -0.4 is 15.5 Å². The van der Waals surface area contributed by atoms with Crippen LogP contribution in [0.5, 0.6) is 0 Å². The van der Waals surface area contributed by atoms with E-state index in [9.17, 15) is 9.59 Å². The van der Waals surface area contributed by atoms with Crippen LogP contribution >= 0.6 is 0 Å². The predicted molar refractivity (Wildman–Crippen MR) is 109 cm³/mol. The number of urea groups is 1. The first-order valence-corrected chi connectivity index (χ1v) is 10.5. The molecule has 4 rings (SSSR count). The van der Waals surface area contributed by atoms with Crippen molar-refractivity contribution in [3.63, 3.8) is 0 Å². The van der Waals surface area contributed by atoms with Gasteiger partial charge in [-0.3, -0.25) is 9.69 Å². The number of nitrogens with zero attached hydrogens (tertiary/aromatic N) is 2. The molecule has 7 nitrogen and oxygen atoms in total. The van der Waals surface area contributed by atoms with E-state index in [1.165, 1.54) is 25.7 Å². The molecule has 1 saturated heterocycles. The number of anilines is 2. The Bertz CT molecular complexity index is 709. The molecule has 0 unspecified atom stereocenters. The van der Waals surface area contributed by atoms with E-state index in [0.29, 0.717) is 5.92 Å². The van der Waals surface area contributed by atoms with E-state index in [4.69, 9.17) is 5.11 Å². The number of nitrogens with one attached hydrogen (secondary N) is 2. The van der Waals surface area contributed by atoms with Gasteiger partial charge in [-0.1, -0.05) is 12.1 Å². The average Bonchev–Trinajstić information content (AvgIpc) is 3.27. The number of aliphatic carboxylic acids is 1. The monoisotopic (exact) mass is 386 g/mol. The minimum absolute atomic E-state index is 0.100. The van der Waals surface area contributed by atoms with Crippen LogP contribution in [0.1, 0.15) is 38.5 Å². The maximum absolute atomic E-state index is 12.5. The van der Waals surface area contributed by atoms with E-state index < -0.39 is 5.97 Å². The molecule has 0 spiro atoms. The zero-order valence-corrected chi connectivity index (χ0v) is 16.3. The molecule has 2 amide bonds. The summed E-state index contributed by atoms with van der Waals surface area (Å²) < 4.78 is 0. The smallest absolute Gasteiger partial charge is 0.319 e. The van der Waals surface area contributed by atoms with Crippen molar-refractivity contribution < 1.29 is 14.7 Å². The number of carbonyl (C=O) groups is 2. The first-order valence-electron chi connectivity index (χ1n) is 10.5. The summed E-state index contributed by atoms with van der Waals surface area (Å²) in [7, 11) is 0. The highest BCUT2D eigenvalue weighted by atomic mass is 16.4. The lowest BCUT2D eigenvalue weighted by Crippen LogP contribution is -2.55. The van der Waals surface area contributed by atoms with Crippen LogP contribution in [0.15, 0.2) is 24.3 Å². The van der Waals surface area contributed by atoms with E-state index >= 15 is 0 Å². The van der Waals surface area contributed by atoms with Crippen molar-refractivity contribution in [2.75, 3.05) is 36.4 Å². The molecule has 2 aliphatic carbocycles. The number of para-hydroxylation sites is 2. The summed E-state index contributed by atoms with van der Waals surface area (Å²) in [5, 5.41) is 15.2. The molecule has 0 bridgehead atoms. The molecule has 2 saturated carbocycles. The fourth-order valence-electron chi connectivity index (χ4n) is 4.31. The number of hydrogen-bond acceptors (Lipinski definition) is 4. The number of carboxylic acids is 1. The molecule has 3 fully saturated rings. The van der Waals surface area contributed by atoms with Crippen LogP contribution in [0.2, 0.25) is 0 Å². The molecule has 0 radical (unpaired) electrons. The fraction of sp³-hybridized carbons (Fsp3) is 0.619. The van der Waals surface area contributed by atoms with Gasteiger partial charge in [-0.15, -0.1) is 0 Å². The molecule has 3 N–H and O–H groups in total. The molecule has 0 atom stereocenters. The fourth-order valence-corrected chi connectivity index (χ4v) is 4.31. The van der Waals surface area contributed by atoms with Gasteiger partial charge < -0.3 is 20.6 Å². The molecule has 3 aliphatic rings. The number of amides is 2. The van der Waals surface area contributed by atoms with Gasteiger partial charge in [0.15, 0.2) is 0 Å². The van der Waals surface area contributed by atoms with Crippen LogP contribution in [-0.2, 0) is 4.79 Å². The molecule has 1 aliphatic heterocycles. The third-order valence-corrected chi connectivity index (χ3v) is 6.09. The topological polar surface area (TPSA) is 84.9 Å². The summed E-state index contributed by atoms with van der Waals surface area (Å²) in [6.45, 7) is 3.04. The Balaban J connectivity index is 1.27. The minimum Gasteiger partial charge on any atom is -0.480 e. The summed E-state index contributed by atoms with van der Waals surface area (Å²) >= 11 is 0. The molecular formula is C21H30N4O3. The summed E-state index contributed by atoms with van der Waals surface area (Å²) in [5.41, 5.74) is 1.93. The van der Waals surface area contributed by atoms with Gasteiger partial charge in [0.1, 0.15) is 0 Å². The molecule has 7 heteroatoms. The quantitative estimate of drug-likeness (QED) is 0.640. The van der Waals surface area contributed by atoms with Gasteiger partial charge in [0.05, 0.1) is 17.9 Å². The van der Waals surface area contributed by atoms with Crippen LogP contribution in [-0.4, -0.2) is 60.3 Å². The van der Waals surface area contributed by atoms with Crippen LogP contribution in [0, 0.1) is 5.92 Å². The number of carboxylic acid groups (broad SMARTS) is 1. The Morgan fingerprint density at radius 2 is 1.86 bits per heavy atom. The normalized spacial score (nSPS) is 24.1. The molecule has 0 aromatic heterocycles. The third-order valence-electron chi connectivity index (χ3n) is 6.09. The van der Waals surface area contributed by atoms with Gasteiger partial charge >= 0.3 is 12.0 Å². The van der Waals surface area contributed by atoms with Gasteiger partial charge in [0, 0.05) is 31.7 Å². The highest BCUT2D eigenvalue weighted by Gasteiger charge is 2.37. The van der Waals surface area contributed by atoms with Gasteiger partial charge in [-0.05, 0) is 56.6 Å². The third kappa shape index (κ3) is 4.76. The number of rotatable bonds is 8. The zero-order chi connectivity index (χ0) is 19.5. The molecule has 28 heavy (non-hydrogen) atoms. The van der Waals surface area contributed by atoms with Crippen LogP contribution in [0.3, 0.4) is 0 Å². The van der Waals surface area contributed by atoms with Crippen molar-refractivity contribution in [1.82, 2.24) is 10.2 Å². The molecule has 1 aromatic carbocycles. The maximum Gasteiger partial charge on any atom is 0.319 e. The highest BCUT2D eigenvalue weighted by Crippen LogP contribution is 2.34. The van der Waals surface area contributed by atoms with Crippen LogP contribution in [0.4, 0.5) is 16.2 Å². The van der Waals surface area contributed by atoms with Gasteiger partial charge in [0.25, 0.3) is 0 Å². The van der Waals surface area contributed by atoms with Crippen molar-refractivity contribution in [3.8, 4) is 0 Å². The summed E-state index contributed by atoms with van der Waals surface area (Å²) in [6.07, 6.45) is 6.45. The van der Waals surface area contributed by atoms with Crippen molar-refractivity contribution in [2.45, 2.75) is 50.6 Å². The van der Waals surface area contributed by atoms with E-state index in [1.807, 2.05) is 18.2 Å². The molecule has 1 heterocycles. The summed E-state index contributed by atoms with van der Waals surface area (Å²) in [6, 6.07) is 8.14.